The first-order valence-electron chi connectivity index (χ1n) is 9.88. The Morgan fingerprint density at radius 2 is 1.84 bits per heavy atom. The molecule has 0 aliphatic carbocycles. The lowest BCUT2D eigenvalue weighted by Gasteiger charge is -2.13. The second kappa shape index (κ2) is 10.4. The fourth-order valence-corrected chi connectivity index (χ4v) is 2.74. The van der Waals surface area contributed by atoms with Crippen molar-refractivity contribution in [2.24, 2.45) is 0 Å². The molecule has 0 spiro atoms. The third-order valence-corrected chi connectivity index (χ3v) is 4.34. The second-order valence-corrected chi connectivity index (χ2v) is 6.70. The van der Waals surface area contributed by atoms with Gasteiger partial charge in [0.1, 0.15) is 11.6 Å². The van der Waals surface area contributed by atoms with Gasteiger partial charge in [0.2, 0.25) is 0 Å². The van der Waals surface area contributed by atoms with Gasteiger partial charge in [0.15, 0.2) is 17.8 Å². The number of carbonyl (C=O) groups excluding carboxylic acids is 2. The molecule has 1 amide bonds. The number of hydrogen-bond acceptors (Lipinski definition) is 6. The Bertz CT molecular complexity index is 1020. The monoisotopic (exact) mass is 426 g/mol. The molecule has 0 radical (unpaired) electrons. The molecule has 1 unspecified atom stereocenters. The number of aryl methyl sites for hydroxylation is 1. The molecule has 31 heavy (non-hydrogen) atoms. The standard InChI is InChI=1S/C23H23FN2O5/c1-3-29-19-10-8-18(9-11-19)26-23(28)15(2)30-22(27)13-12-21-25-14-20(31-21)16-4-6-17(24)7-5-16/h4-11,14-15H,3,12-13H2,1-2H3,(H,26,28). The van der Waals surface area contributed by atoms with Gasteiger partial charge in [-0.15, -0.1) is 0 Å². The van der Waals surface area contributed by atoms with E-state index >= 15 is 0 Å². The topological polar surface area (TPSA) is 90.7 Å². The quantitative estimate of drug-likeness (QED) is 0.511. The minimum atomic E-state index is -0.960. The van der Waals surface area contributed by atoms with Crippen LogP contribution in [-0.4, -0.2) is 29.6 Å². The highest BCUT2D eigenvalue weighted by molar-refractivity contribution is 5.95. The predicted octanol–water partition coefficient (Wildman–Crippen LogP) is 4.38. The van der Waals surface area contributed by atoms with Gasteiger partial charge in [0.25, 0.3) is 5.91 Å². The van der Waals surface area contributed by atoms with Crippen LogP contribution in [-0.2, 0) is 20.7 Å². The highest BCUT2D eigenvalue weighted by atomic mass is 19.1. The van der Waals surface area contributed by atoms with Gasteiger partial charge >= 0.3 is 5.97 Å². The van der Waals surface area contributed by atoms with Crippen molar-refractivity contribution in [3.8, 4) is 17.1 Å². The summed E-state index contributed by atoms with van der Waals surface area (Å²) in [5.41, 5.74) is 1.26. The summed E-state index contributed by atoms with van der Waals surface area (Å²) in [4.78, 5) is 28.4. The fourth-order valence-electron chi connectivity index (χ4n) is 2.74. The molecule has 0 bridgehead atoms. The second-order valence-electron chi connectivity index (χ2n) is 6.70. The van der Waals surface area contributed by atoms with Crippen LogP contribution in [0.4, 0.5) is 10.1 Å². The number of rotatable bonds is 9. The van der Waals surface area contributed by atoms with Crippen LogP contribution in [0.3, 0.4) is 0 Å². The Morgan fingerprint density at radius 3 is 2.52 bits per heavy atom. The molecule has 3 rings (SSSR count). The molecule has 1 heterocycles. The van der Waals surface area contributed by atoms with Crippen LogP contribution in [0.2, 0.25) is 0 Å². The molecule has 8 heteroatoms. The first kappa shape index (κ1) is 22.0. The molecule has 1 N–H and O–H groups in total. The summed E-state index contributed by atoms with van der Waals surface area (Å²) in [6, 6.07) is 12.7. The third kappa shape index (κ3) is 6.40. The number of hydrogen-bond donors (Lipinski definition) is 1. The summed E-state index contributed by atoms with van der Waals surface area (Å²) >= 11 is 0. The SMILES string of the molecule is CCOc1ccc(NC(=O)C(C)OC(=O)CCc2ncc(-c3ccc(F)cc3)o2)cc1. The Labute approximate surface area is 179 Å². The van der Waals surface area contributed by atoms with E-state index in [-0.39, 0.29) is 18.7 Å². The van der Waals surface area contributed by atoms with Crippen molar-refractivity contribution >= 4 is 17.6 Å². The third-order valence-electron chi connectivity index (χ3n) is 4.34. The van der Waals surface area contributed by atoms with Gasteiger partial charge in [-0.3, -0.25) is 9.59 Å². The summed E-state index contributed by atoms with van der Waals surface area (Å²) in [6.07, 6.45) is 0.774. The zero-order chi connectivity index (χ0) is 22.2. The summed E-state index contributed by atoms with van der Waals surface area (Å²) in [7, 11) is 0. The van der Waals surface area contributed by atoms with Crippen molar-refractivity contribution in [1.29, 1.82) is 0 Å². The van der Waals surface area contributed by atoms with Crippen molar-refractivity contribution in [3.05, 3.63) is 66.4 Å². The highest BCUT2D eigenvalue weighted by Gasteiger charge is 2.18. The van der Waals surface area contributed by atoms with E-state index in [1.807, 2.05) is 6.92 Å². The number of amides is 1. The molecule has 1 aromatic heterocycles. The van der Waals surface area contributed by atoms with Crippen molar-refractivity contribution in [3.63, 3.8) is 0 Å². The Balaban J connectivity index is 1.45. The molecule has 162 valence electrons. The number of aromatic nitrogens is 1. The van der Waals surface area contributed by atoms with Gasteiger partial charge < -0.3 is 19.2 Å². The molecule has 1 atom stereocenters. The number of carbonyl (C=O) groups is 2. The normalized spacial score (nSPS) is 11.6. The van der Waals surface area contributed by atoms with Gasteiger partial charge in [0.05, 0.1) is 19.2 Å². The predicted molar refractivity (Wildman–Crippen MR) is 112 cm³/mol. The molecule has 0 saturated heterocycles. The molecular weight excluding hydrogens is 403 g/mol. The Morgan fingerprint density at radius 1 is 1.13 bits per heavy atom. The summed E-state index contributed by atoms with van der Waals surface area (Å²) < 4.78 is 29.1. The number of ether oxygens (including phenoxy) is 2. The van der Waals surface area contributed by atoms with Crippen LogP contribution in [0.15, 0.2) is 59.1 Å². The van der Waals surface area contributed by atoms with E-state index in [1.54, 1.807) is 36.4 Å². The number of nitrogens with zero attached hydrogens (tertiary/aromatic N) is 1. The van der Waals surface area contributed by atoms with Gasteiger partial charge in [-0.25, -0.2) is 9.37 Å². The number of oxazole rings is 1. The van der Waals surface area contributed by atoms with Crippen molar-refractivity contribution in [2.45, 2.75) is 32.8 Å². The Hall–Kier alpha value is -3.68. The molecule has 2 aromatic carbocycles. The maximum atomic E-state index is 13.0. The maximum absolute atomic E-state index is 13.0. The van der Waals surface area contributed by atoms with E-state index in [4.69, 9.17) is 13.9 Å². The molecule has 3 aromatic rings. The van der Waals surface area contributed by atoms with Crippen LogP contribution >= 0.6 is 0 Å². The summed E-state index contributed by atoms with van der Waals surface area (Å²) in [5, 5.41) is 2.69. The smallest absolute Gasteiger partial charge is 0.307 e. The van der Waals surface area contributed by atoms with Gasteiger partial charge in [-0.1, -0.05) is 0 Å². The zero-order valence-corrected chi connectivity index (χ0v) is 17.3. The zero-order valence-electron chi connectivity index (χ0n) is 17.3. The molecule has 0 fully saturated rings. The van der Waals surface area contributed by atoms with Crippen molar-refractivity contribution in [2.75, 3.05) is 11.9 Å². The molecule has 0 aliphatic heterocycles. The lowest BCUT2D eigenvalue weighted by atomic mass is 10.2. The summed E-state index contributed by atoms with van der Waals surface area (Å²) in [6.45, 7) is 3.94. The van der Waals surface area contributed by atoms with Crippen molar-refractivity contribution in [1.82, 2.24) is 4.98 Å². The largest absolute Gasteiger partial charge is 0.494 e. The van der Waals surface area contributed by atoms with E-state index in [2.05, 4.69) is 10.3 Å². The lowest BCUT2D eigenvalue weighted by molar-refractivity contribution is -0.153. The number of benzene rings is 2. The van der Waals surface area contributed by atoms with Gasteiger partial charge in [0, 0.05) is 17.7 Å². The number of anilines is 1. The molecule has 0 aliphatic rings. The number of esters is 1. The maximum Gasteiger partial charge on any atom is 0.307 e. The molecule has 7 nitrogen and oxygen atoms in total. The van der Waals surface area contributed by atoms with Crippen LogP contribution in [0.25, 0.3) is 11.3 Å². The van der Waals surface area contributed by atoms with E-state index in [0.717, 1.165) is 0 Å². The Kier molecular flexibility index (Phi) is 7.37. The van der Waals surface area contributed by atoms with Gasteiger partial charge in [-0.05, 0) is 62.4 Å². The minimum Gasteiger partial charge on any atom is -0.494 e. The highest BCUT2D eigenvalue weighted by Crippen LogP contribution is 2.21. The van der Waals surface area contributed by atoms with E-state index < -0.39 is 18.0 Å². The van der Waals surface area contributed by atoms with Crippen LogP contribution in [0.1, 0.15) is 26.2 Å². The molecular formula is C23H23FN2O5. The van der Waals surface area contributed by atoms with Gasteiger partial charge in [-0.2, -0.15) is 0 Å². The van der Waals surface area contributed by atoms with E-state index in [9.17, 15) is 14.0 Å². The van der Waals surface area contributed by atoms with E-state index in [1.165, 1.54) is 25.3 Å². The summed E-state index contributed by atoms with van der Waals surface area (Å²) in [5.74, 6) is 0.207. The number of halogens is 1. The number of nitrogens with one attached hydrogen (secondary N) is 1. The van der Waals surface area contributed by atoms with Crippen LogP contribution in [0, 0.1) is 5.82 Å². The minimum absolute atomic E-state index is 0.00401. The fraction of sp³-hybridized carbons (Fsp3) is 0.261. The van der Waals surface area contributed by atoms with E-state index in [0.29, 0.717) is 35.3 Å². The average Bonchev–Trinajstić information content (AvgIpc) is 3.23. The lowest BCUT2D eigenvalue weighted by Crippen LogP contribution is -2.30. The average molecular weight is 426 g/mol. The van der Waals surface area contributed by atoms with Crippen molar-refractivity contribution < 1.29 is 27.9 Å². The van der Waals surface area contributed by atoms with Crippen LogP contribution < -0.4 is 10.1 Å². The van der Waals surface area contributed by atoms with Crippen LogP contribution in [0.5, 0.6) is 5.75 Å². The first-order valence-corrected chi connectivity index (χ1v) is 9.88. The first-order chi connectivity index (χ1) is 14.9. The molecule has 0 saturated carbocycles.